The monoisotopic (exact) mass is 263 g/mol. The molecule has 6 heteroatoms. The van der Waals surface area contributed by atoms with Gasteiger partial charge in [0.05, 0.1) is 5.56 Å². The van der Waals surface area contributed by atoms with Crippen LogP contribution in [0.25, 0.3) is 0 Å². The zero-order chi connectivity index (χ0) is 14.0. The third-order valence-corrected chi connectivity index (χ3v) is 3.76. The molecule has 1 saturated heterocycles. The first kappa shape index (κ1) is 13.8. The number of hydrogen-bond donors (Lipinski definition) is 2. The van der Waals surface area contributed by atoms with Gasteiger partial charge in [0.25, 0.3) is 5.91 Å². The van der Waals surface area contributed by atoms with Crippen molar-refractivity contribution in [1.82, 2.24) is 14.8 Å². The lowest BCUT2D eigenvalue weighted by Crippen LogP contribution is -2.58. The predicted molar refractivity (Wildman–Crippen MR) is 74.7 cm³/mol. The van der Waals surface area contributed by atoms with Crippen molar-refractivity contribution in [3.63, 3.8) is 0 Å². The molecule has 0 radical (unpaired) electrons. The first-order valence-electron chi connectivity index (χ1n) is 6.37. The van der Waals surface area contributed by atoms with Gasteiger partial charge < -0.3 is 10.3 Å². The molecule has 0 bridgehead atoms. The number of piperazine rings is 1. The molecule has 2 heterocycles. The van der Waals surface area contributed by atoms with Gasteiger partial charge in [-0.05, 0) is 33.0 Å². The Hall–Kier alpha value is -1.66. The van der Waals surface area contributed by atoms with Crippen LogP contribution in [0.15, 0.2) is 18.3 Å². The third-order valence-electron chi connectivity index (χ3n) is 3.76. The molecule has 1 aliphatic heterocycles. The van der Waals surface area contributed by atoms with E-state index in [0.717, 1.165) is 19.6 Å². The van der Waals surface area contributed by atoms with Crippen LogP contribution in [0.3, 0.4) is 0 Å². The molecule has 1 aromatic heterocycles. The average molecular weight is 263 g/mol. The highest BCUT2D eigenvalue weighted by atomic mass is 16.2. The van der Waals surface area contributed by atoms with Gasteiger partial charge in [0, 0.05) is 31.4 Å². The van der Waals surface area contributed by atoms with Crippen molar-refractivity contribution < 1.29 is 4.79 Å². The van der Waals surface area contributed by atoms with E-state index in [1.54, 1.807) is 18.3 Å². The molecule has 1 aliphatic rings. The minimum absolute atomic E-state index is 0.0000926. The molecular formula is C13H21N5O. The fourth-order valence-corrected chi connectivity index (χ4v) is 2.20. The Labute approximate surface area is 113 Å². The summed E-state index contributed by atoms with van der Waals surface area (Å²) in [7, 11) is 2.09. The van der Waals surface area contributed by atoms with Gasteiger partial charge >= 0.3 is 0 Å². The Morgan fingerprint density at radius 3 is 2.68 bits per heavy atom. The molecule has 0 aliphatic carbocycles. The minimum Gasteiger partial charge on any atom is -0.335 e. The van der Waals surface area contributed by atoms with E-state index in [4.69, 9.17) is 5.84 Å². The van der Waals surface area contributed by atoms with Crippen molar-refractivity contribution in [1.29, 1.82) is 0 Å². The van der Waals surface area contributed by atoms with Crippen molar-refractivity contribution in [3.8, 4) is 0 Å². The highest BCUT2D eigenvalue weighted by molar-refractivity contribution is 5.94. The largest absolute Gasteiger partial charge is 0.335 e. The number of rotatable bonds is 2. The van der Waals surface area contributed by atoms with Crippen molar-refractivity contribution in [3.05, 3.63) is 23.9 Å². The first-order chi connectivity index (χ1) is 8.94. The van der Waals surface area contributed by atoms with Crippen molar-refractivity contribution >= 4 is 11.7 Å². The van der Waals surface area contributed by atoms with Crippen LogP contribution in [0.4, 0.5) is 5.82 Å². The van der Waals surface area contributed by atoms with Crippen LogP contribution in [-0.2, 0) is 0 Å². The number of likely N-dealkylation sites (N-methyl/N-ethyl adjacent to an activating group) is 1. The fourth-order valence-electron chi connectivity index (χ4n) is 2.20. The summed E-state index contributed by atoms with van der Waals surface area (Å²) in [6.45, 7) is 6.64. The lowest BCUT2D eigenvalue weighted by atomic mass is 9.99. The van der Waals surface area contributed by atoms with Gasteiger partial charge in [-0.1, -0.05) is 0 Å². The number of pyridine rings is 1. The number of hydrogen-bond acceptors (Lipinski definition) is 5. The number of nitrogens with zero attached hydrogens (tertiary/aromatic N) is 3. The van der Waals surface area contributed by atoms with E-state index in [9.17, 15) is 4.79 Å². The summed E-state index contributed by atoms with van der Waals surface area (Å²) in [5.41, 5.74) is 3.05. The molecule has 6 nitrogen and oxygen atoms in total. The Bertz CT molecular complexity index is 457. The number of nitrogen functional groups attached to an aromatic ring is 1. The molecule has 19 heavy (non-hydrogen) atoms. The summed E-state index contributed by atoms with van der Waals surface area (Å²) >= 11 is 0. The molecule has 0 saturated carbocycles. The second-order valence-corrected chi connectivity index (χ2v) is 5.54. The van der Waals surface area contributed by atoms with Crippen LogP contribution in [0.5, 0.6) is 0 Å². The van der Waals surface area contributed by atoms with Gasteiger partial charge in [0.1, 0.15) is 5.82 Å². The van der Waals surface area contributed by atoms with Crippen LogP contribution in [0, 0.1) is 0 Å². The quantitative estimate of drug-likeness (QED) is 0.601. The molecule has 0 aromatic carbocycles. The van der Waals surface area contributed by atoms with Gasteiger partial charge in [0.15, 0.2) is 0 Å². The van der Waals surface area contributed by atoms with Crippen molar-refractivity contribution in [2.75, 3.05) is 32.1 Å². The number of aromatic nitrogens is 1. The second-order valence-electron chi connectivity index (χ2n) is 5.54. The predicted octanol–water partition coefficient (Wildman–Crippen LogP) is 0.533. The molecule has 2 rings (SSSR count). The standard InChI is InChI=1S/C13H21N5O/c1-13(2)9-18(7-6-17(13)3)12(19)10-4-5-11(16-14)15-8-10/h4-5,8H,6-7,9,14H2,1-3H3,(H,15,16). The second kappa shape index (κ2) is 5.14. The molecule has 1 aromatic rings. The highest BCUT2D eigenvalue weighted by Crippen LogP contribution is 2.20. The smallest absolute Gasteiger partial charge is 0.255 e. The fraction of sp³-hybridized carbons (Fsp3) is 0.538. The van der Waals surface area contributed by atoms with Gasteiger partial charge in [-0.15, -0.1) is 0 Å². The Morgan fingerprint density at radius 2 is 2.16 bits per heavy atom. The average Bonchev–Trinajstić information content (AvgIpc) is 2.41. The highest BCUT2D eigenvalue weighted by Gasteiger charge is 2.33. The maximum Gasteiger partial charge on any atom is 0.255 e. The summed E-state index contributed by atoms with van der Waals surface area (Å²) in [6.07, 6.45) is 1.56. The van der Waals surface area contributed by atoms with Crippen LogP contribution < -0.4 is 11.3 Å². The lowest BCUT2D eigenvalue weighted by molar-refractivity contribution is 0.0311. The number of carbonyl (C=O) groups is 1. The van der Waals surface area contributed by atoms with Crippen molar-refractivity contribution in [2.45, 2.75) is 19.4 Å². The van der Waals surface area contributed by atoms with E-state index in [0.29, 0.717) is 11.4 Å². The van der Waals surface area contributed by atoms with Crippen LogP contribution in [0.1, 0.15) is 24.2 Å². The number of anilines is 1. The Morgan fingerprint density at radius 1 is 1.42 bits per heavy atom. The van der Waals surface area contributed by atoms with Gasteiger partial charge in [-0.2, -0.15) is 0 Å². The molecule has 0 unspecified atom stereocenters. The van der Waals surface area contributed by atoms with E-state index in [1.165, 1.54) is 0 Å². The molecule has 1 fully saturated rings. The van der Waals surface area contributed by atoms with Crippen LogP contribution in [-0.4, -0.2) is 52.9 Å². The van der Waals surface area contributed by atoms with Crippen LogP contribution >= 0.6 is 0 Å². The zero-order valence-electron chi connectivity index (χ0n) is 11.7. The summed E-state index contributed by atoms with van der Waals surface area (Å²) in [6, 6.07) is 3.45. The van der Waals surface area contributed by atoms with E-state index in [-0.39, 0.29) is 11.4 Å². The number of nitrogens with two attached hydrogens (primary N) is 1. The Balaban J connectivity index is 2.11. The minimum atomic E-state index is 0.0000926. The first-order valence-corrected chi connectivity index (χ1v) is 6.37. The maximum atomic E-state index is 12.4. The number of amides is 1. The number of hydrazine groups is 1. The van der Waals surface area contributed by atoms with Gasteiger partial charge in [-0.25, -0.2) is 10.8 Å². The molecule has 0 spiro atoms. The van der Waals surface area contributed by atoms with E-state index in [2.05, 4.69) is 36.2 Å². The SMILES string of the molecule is CN1CCN(C(=O)c2ccc(NN)nc2)CC1(C)C. The molecular weight excluding hydrogens is 242 g/mol. The molecule has 3 N–H and O–H groups in total. The van der Waals surface area contributed by atoms with Crippen LogP contribution in [0.2, 0.25) is 0 Å². The summed E-state index contributed by atoms with van der Waals surface area (Å²) in [4.78, 5) is 20.6. The summed E-state index contributed by atoms with van der Waals surface area (Å²) in [5.74, 6) is 5.83. The number of nitrogens with one attached hydrogen (secondary N) is 1. The summed E-state index contributed by atoms with van der Waals surface area (Å²) < 4.78 is 0. The maximum absolute atomic E-state index is 12.4. The van der Waals surface area contributed by atoms with Crippen molar-refractivity contribution in [2.24, 2.45) is 5.84 Å². The number of carbonyl (C=O) groups excluding carboxylic acids is 1. The van der Waals surface area contributed by atoms with Gasteiger partial charge in [0.2, 0.25) is 0 Å². The summed E-state index contributed by atoms with van der Waals surface area (Å²) in [5, 5.41) is 0. The van der Waals surface area contributed by atoms with E-state index < -0.39 is 0 Å². The molecule has 104 valence electrons. The Kier molecular flexibility index (Phi) is 3.73. The van der Waals surface area contributed by atoms with E-state index in [1.807, 2.05) is 4.90 Å². The lowest BCUT2D eigenvalue weighted by Gasteiger charge is -2.45. The van der Waals surface area contributed by atoms with E-state index >= 15 is 0 Å². The molecule has 1 amide bonds. The normalized spacial score (nSPS) is 19.3. The topological polar surface area (TPSA) is 74.5 Å². The van der Waals surface area contributed by atoms with Gasteiger partial charge in [-0.3, -0.25) is 9.69 Å². The zero-order valence-corrected chi connectivity index (χ0v) is 11.7. The third kappa shape index (κ3) is 2.85. The molecule has 0 atom stereocenters.